The van der Waals surface area contributed by atoms with Crippen LogP contribution in [-0.2, 0) is 5.41 Å². The number of hydrogen-bond acceptors (Lipinski definition) is 1. The van der Waals surface area contributed by atoms with Crippen LogP contribution >= 0.6 is 23.2 Å². The lowest BCUT2D eigenvalue weighted by Gasteiger charge is -2.53. The Morgan fingerprint density at radius 1 is 0.964 bits per heavy atom. The number of halogens is 5. The van der Waals surface area contributed by atoms with Crippen LogP contribution in [0.15, 0.2) is 47.5 Å². The number of fused-ring (bicyclic) bond motifs is 3. The molecular formula is C22H20Cl2F3N. The third-order valence-corrected chi connectivity index (χ3v) is 6.80. The minimum Gasteiger partial charge on any atom is -0.276 e. The number of alkyl halides is 3. The Morgan fingerprint density at radius 3 is 2.29 bits per heavy atom. The molecule has 0 saturated heterocycles. The second-order valence-electron chi connectivity index (χ2n) is 8.02. The molecule has 1 aliphatic heterocycles. The van der Waals surface area contributed by atoms with E-state index in [9.17, 15) is 13.2 Å². The minimum absolute atomic E-state index is 0.409. The molecule has 2 aliphatic rings. The molecule has 2 atom stereocenters. The maximum Gasteiger partial charge on any atom is 0.391 e. The monoisotopic (exact) mass is 425 g/mol. The van der Waals surface area contributed by atoms with Gasteiger partial charge in [0.05, 0.1) is 17.7 Å². The molecule has 0 radical (unpaired) electrons. The van der Waals surface area contributed by atoms with Gasteiger partial charge >= 0.3 is 6.18 Å². The summed E-state index contributed by atoms with van der Waals surface area (Å²) in [5.41, 5.74) is 1.14. The zero-order valence-electron chi connectivity index (χ0n) is 15.4. The van der Waals surface area contributed by atoms with Crippen molar-refractivity contribution in [1.29, 1.82) is 0 Å². The summed E-state index contributed by atoms with van der Waals surface area (Å²) in [7, 11) is 0. The fourth-order valence-electron chi connectivity index (χ4n) is 4.91. The van der Waals surface area contributed by atoms with E-state index in [0.29, 0.717) is 28.6 Å². The molecule has 0 bridgehead atoms. The lowest BCUT2D eigenvalue weighted by molar-refractivity contribution is -0.156. The summed E-state index contributed by atoms with van der Waals surface area (Å²) in [5.74, 6) is 0. The van der Waals surface area contributed by atoms with Crippen LogP contribution in [0.2, 0.25) is 10.0 Å². The Morgan fingerprint density at radius 2 is 1.61 bits per heavy atom. The van der Waals surface area contributed by atoms with E-state index >= 15 is 0 Å². The van der Waals surface area contributed by atoms with Crippen LogP contribution < -0.4 is 0 Å². The highest BCUT2D eigenvalue weighted by Gasteiger charge is 2.58. The molecular weight excluding hydrogens is 406 g/mol. The van der Waals surface area contributed by atoms with E-state index in [1.165, 1.54) is 0 Å². The molecule has 2 aromatic rings. The third kappa shape index (κ3) is 3.25. The molecule has 28 heavy (non-hydrogen) atoms. The van der Waals surface area contributed by atoms with Gasteiger partial charge in [-0.3, -0.25) is 4.99 Å². The predicted octanol–water partition coefficient (Wildman–Crippen LogP) is 7.37. The van der Waals surface area contributed by atoms with Gasteiger partial charge in [-0.05, 0) is 42.7 Å². The molecule has 0 N–H and O–H groups in total. The van der Waals surface area contributed by atoms with Crippen LogP contribution in [0.1, 0.15) is 55.7 Å². The molecule has 1 aliphatic carbocycles. The summed E-state index contributed by atoms with van der Waals surface area (Å²) >= 11 is 12.3. The van der Waals surface area contributed by atoms with Crippen molar-refractivity contribution in [1.82, 2.24) is 0 Å². The smallest absolute Gasteiger partial charge is 0.276 e. The van der Waals surface area contributed by atoms with Gasteiger partial charge in [-0.15, -0.1) is 0 Å². The van der Waals surface area contributed by atoms with Gasteiger partial charge in [0.2, 0.25) is 0 Å². The molecule has 1 saturated carbocycles. The average Bonchev–Trinajstić information content (AvgIpc) is 2.61. The van der Waals surface area contributed by atoms with Crippen molar-refractivity contribution in [2.24, 2.45) is 4.99 Å². The first-order chi connectivity index (χ1) is 13.1. The van der Waals surface area contributed by atoms with Gasteiger partial charge in [0.1, 0.15) is 0 Å². The highest BCUT2D eigenvalue weighted by molar-refractivity contribution is 6.31. The largest absolute Gasteiger partial charge is 0.391 e. The Hall–Kier alpha value is -1.52. The van der Waals surface area contributed by atoms with Crippen LogP contribution in [0.4, 0.5) is 13.2 Å². The number of benzene rings is 2. The number of aliphatic imine (C=N–C) groups is 1. The third-order valence-electron chi connectivity index (χ3n) is 6.31. The van der Waals surface area contributed by atoms with Gasteiger partial charge in [-0.25, -0.2) is 0 Å². The maximum absolute atomic E-state index is 13.7. The van der Waals surface area contributed by atoms with Gasteiger partial charge < -0.3 is 0 Å². The number of rotatable bonds is 2. The summed E-state index contributed by atoms with van der Waals surface area (Å²) in [6.07, 6.45) is -2.55. The van der Waals surface area contributed by atoms with Crippen molar-refractivity contribution >= 4 is 28.9 Å². The Kier molecular flexibility index (Phi) is 4.79. The van der Waals surface area contributed by atoms with Crippen LogP contribution in [0, 0.1) is 0 Å². The Bertz CT molecular complexity index is 936. The van der Waals surface area contributed by atoms with Crippen LogP contribution in [0.3, 0.4) is 0 Å². The van der Waals surface area contributed by atoms with Gasteiger partial charge in [0.15, 0.2) is 0 Å². The fraction of sp³-hybridized carbons (Fsp3) is 0.409. The zero-order valence-corrected chi connectivity index (χ0v) is 16.9. The van der Waals surface area contributed by atoms with Gasteiger partial charge in [-0.2, -0.15) is 13.2 Å². The van der Waals surface area contributed by atoms with E-state index in [2.05, 4.69) is 0 Å². The van der Waals surface area contributed by atoms with Crippen molar-refractivity contribution in [3.63, 3.8) is 0 Å². The van der Waals surface area contributed by atoms with E-state index < -0.39 is 23.6 Å². The second-order valence-corrected chi connectivity index (χ2v) is 8.89. The second kappa shape index (κ2) is 6.77. The SMILES string of the molecule is CC12CCCCC1(CC(F)(F)F)N=C(c1ccc(Cl)cc1)c1ccc(Cl)cc12. The molecule has 1 nitrogen and oxygen atoms in total. The van der Waals surface area contributed by atoms with E-state index in [-0.39, 0.29) is 0 Å². The topological polar surface area (TPSA) is 12.4 Å². The van der Waals surface area contributed by atoms with Crippen LogP contribution in [-0.4, -0.2) is 17.4 Å². The summed E-state index contributed by atoms with van der Waals surface area (Å²) in [4.78, 5) is 4.87. The standard InChI is InChI=1S/C22H20Cl2F3N/c1-20-10-2-3-11-21(20,13-22(25,26)27)28-19(14-4-6-15(23)7-5-14)17-9-8-16(24)12-18(17)20/h4-9,12H,2-3,10-11,13H2,1H3. The summed E-state index contributed by atoms with van der Waals surface area (Å²) in [6.45, 7) is 1.93. The van der Waals surface area contributed by atoms with E-state index in [1.54, 1.807) is 18.2 Å². The summed E-state index contributed by atoms with van der Waals surface area (Å²) in [5, 5.41) is 1.10. The molecule has 4 rings (SSSR count). The van der Waals surface area contributed by atoms with Crippen LogP contribution in [0.25, 0.3) is 0 Å². The molecule has 1 heterocycles. The molecule has 2 unspecified atom stereocenters. The number of hydrogen-bond donors (Lipinski definition) is 0. The van der Waals surface area contributed by atoms with E-state index in [1.807, 2.05) is 31.2 Å². The molecule has 0 spiro atoms. The van der Waals surface area contributed by atoms with Crippen molar-refractivity contribution in [2.75, 3.05) is 0 Å². The first-order valence-electron chi connectivity index (χ1n) is 9.37. The van der Waals surface area contributed by atoms with E-state index in [4.69, 9.17) is 28.2 Å². The van der Waals surface area contributed by atoms with Gasteiger partial charge in [0, 0.05) is 26.6 Å². The minimum atomic E-state index is -4.30. The quantitative estimate of drug-likeness (QED) is 0.476. The lowest BCUT2D eigenvalue weighted by atomic mass is 9.55. The Balaban J connectivity index is 2.00. The fourth-order valence-corrected chi connectivity index (χ4v) is 5.20. The first-order valence-corrected chi connectivity index (χ1v) is 10.1. The first kappa shape index (κ1) is 19.8. The molecule has 0 amide bonds. The molecule has 6 heteroatoms. The predicted molar refractivity (Wildman–Crippen MR) is 108 cm³/mol. The normalized spacial score (nSPS) is 27.0. The van der Waals surface area contributed by atoms with Crippen LogP contribution in [0.5, 0.6) is 0 Å². The Labute approximate surface area is 172 Å². The molecule has 0 aromatic heterocycles. The maximum atomic E-state index is 13.7. The molecule has 1 fully saturated rings. The lowest BCUT2D eigenvalue weighted by Crippen LogP contribution is -2.56. The molecule has 148 valence electrons. The van der Waals surface area contributed by atoms with Gasteiger partial charge in [0.25, 0.3) is 0 Å². The van der Waals surface area contributed by atoms with E-state index in [0.717, 1.165) is 29.5 Å². The highest BCUT2D eigenvalue weighted by Crippen LogP contribution is 2.56. The summed E-state index contributed by atoms with van der Waals surface area (Å²) < 4.78 is 41.1. The molecule has 2 aromatic carbocycles. The number of nitrogens with zero attached hydrogens (tertiary/aromatic N) is 1. The van der Waals surface area contributed by atoms with Crippen molar-refractivity contribution < 1.29 is 13.2 Å². The zero-order chi connectivity index (χ0) is 20.2. The highest BCUT2D eigenvalue weighted by atomic mass is 35.5. The van der Waals surface area contributed by atoms with Crippen molar-refractivity contribution in [3.8, 4) is 0 Å². The average molecular weight is 426 g/mol. The van der Waals surface area contributed by atoms with Gasteiger partial charge in [-0.1, -0.05) is 61.2 Å². The summed E-state index contributed by atoms with van der Waals surface area (Å²) in [6, 6.07) is 12.6. The van der Waals surface area contributed by atoms with Crippen molar-refractivity contribution in [2.45, 2.75) is 56.2 Å². The van der Waals surface area contributed by atoms with Crippen molar-refractivity contribution in [3.05, 3.63) is 69.2 Å².